The second-order valence-corrected chi connectivity index (χ2v) is 5.04. The van der Waals surface area contributed by atoms with Gasteiger partial charge in [0.2, 0.25) is 0 Å². The molecule has 3 rings (SSSR count). The molecule has 0 radical (unpaired) electrons. The molecular formula is C13H20N2. The number of hydrogen-bond acceptors (Lipinski definition) is 1. The van der Waals surface area contributed by atoms with Gasteiger partial charge >= 0.3 is 0 Å². The molecule has 0 bridgehead atoms. The maximum Gasteiger partial charge on any atom is 0.0379 e. The summed E-state index contributed by atoms with van der Waals surface area (Å²) in [6.45, 7) is 2.25. The highest BCUT2D eigenvalue weighted by Crippen LogP contribution is 2.28. The van der Waals surface area contributed by atoms with Crippen molar-refractivity contribution >= 4 is 0 Å². The molecule has 0 unspecified atom stereocenters. The van der Waals surface area contributed by atoms with Crippen LogP contribution < -0.4 is 5.32 Å². The number of fused-ring (bicyclic) bond motifs is 1. The quantitative estimate of drug-likeness (QED) is 0.744. The number of aromatic nitrogens is 1. The second kappa shape index (κ2) is 4.01. The second-order valence-electron chi connectivity index (χ2n) is 5.04. The van der Waals surface area contributed by atoms with Crippen molar-refractivity contribution in [1.82, 2.24) is 9.88 Å². The largest absolute Gasteiger partial charge is 0.349 e. The van der Waals surface area contributed by atoms with E-state index >= 15 is 0 Å². The lowest BCUT2D eigenvalue weighted by molar-refractivity contribution is 0.229. The molecule has 0 spiro atoms. The fraction of sp³-hybridized carbons (Fsp3) is 0.692. The van der Waals surface area contributed by atoms with Crippen LogP contribution >= 0.6 is 0 Å². The van der Waals surface area contributed by atoms with E-state index in [-0.39, 0.29) is 0 Å². The number of nitrogens with zero attached hydrogens (tertiary/aromatic N) is 1. The van der Waals surface area contributed by atoms with E-state index in [1.165, 1.54) is 44.3 Å². The van der Waals surface area contributed by atoms with Crippen LogP contribution in [0, 0.1) is 5.92 Å². The predicted octanol–water partition coefficient (Wildman–Crippen LogP) is 2.54. The molecule has 2 heterocycles. The molecule has 1 saturated carbocycles. The molecule has 1 fully saturated rings. The van der Waals surface area contributed by atoms with Crippen molar-refractivity contribution < 1.29 is 0 Å². The molecule has 1 atom stereocenters. The topological polar surface area (TPSA) is 17.0 Å². The zero-order valence-electron chi connectivity index (χ0n) is 9.28. The Bertz CT molecular complexity index is 323. The molecule has 2 nitrogen and oxygen atoms in total. The molecule has 1 N–H and O–H groups in total. The first kappa shape index (κ1) is 9.46. The van der Waals surface area contributed by atoms with Gasteiger partial charge in [-0.3, -0.25) is 0 Å². The summed E-state index contributed by atoms with van der Waals surface area (Å²) in [5.41, 5.74) is 1.45. The number of nitrogens with one attached hydrogen (secondary N) is 1. The van der Waals surface area contributed by atoms with Crippen molar-refractivity contribution in [3.63, 3.8) is 0 Å². The summed E-state index contributed by atoms with van der Waals surface area (Å²) in [6, 6.07) is 5.12. The molecule has 82 valence electrons. The van der Waals surface area contributed by atoms with Crippen LogP contribution in [0.15, 0.2) is 18.3 Å². The van der Waals surface area contributed by atoms with Crippen molar-refractivity contribution in [3.05, 3.63) is 24.0 Å². The summed E-state index contributed by atoms with van der Waals surface area (Å²) >= 11 is 0. The average Bonchev–Trinajstić information content (AvgIpc) is 2.77. The molecule has 15 heavy (non-hydrogen) atoms. The highest BCUT2D eigenvalue weighted by molar-refractivity contribution is 5.10. The molecule has 2 heteroatoms. The third kappa shape index (κ3) is 1.83. The molecule has 1 aliphatic carbocycles. The van der Waals surface area contributed by atoms with E-state index < -0.39 is 0 Å². The summed E-state index contributed by atoms with van der Waals surface area (Å²) in [6.07, 6.45) is 9.45. The van der Waals surface area contributed by atoms with Gasteiger partial charge < -0.3 is 9.88 Å². The first-order valence-electron chi connectivity index (χ1n) is 6.31. The van der Waals surface area contributed by atoms with Gasteiger partial charge in [-0.1, -0.05) is 19.3 Å². The third-order valence-electron chi connectivity index (χ3n) is 4.08. The van der Waals surface area contributed by atoms with Crippen LogP contribution in [0.3, 0.4) is 0 Å². The minimum atomic E-state index is 0.727. The van der Waals surface area contributed by atoms with Crippen molar-refractivity contribution in [1.29, 1.82) is 0 Å². The van der Waals surface area contributed by atoms with Gasteiger partial charge in [0.25, 0.3) is 0 Å². The van der Waals surface area contributed by atoms with E-state index in [2.05, 4.69) is 28.2 Å². The fourth-order valence-corrected chi connectivity index (χ4v) is 3.15. The minimum Gasteiger partial charge on any atom is -0.349 e. The summed E-state index contributed by atoms with van der Waals surface area (Å²) < 4.78 is 2.43. The minimum absolute atomic E-state index is 0.727. The Morgan fingerprint density at radius 3 is 2.93 bits per heavy atom. The Morgan fingerprint density at radius 2 is 2.07 bits per heavy atom. The van der Waals surface area contributed by atoms with Gasteiger partial charge in [-0.2, -0.15) is 0 Å². The molecule has 2 aliphatic rings. The summed E-state index contributed by atoms with van der Waals surface area (Å²) in [4.78, 5) is 0. The maximum absolute atomic E-state index is 3.71. The molecule has 1 aliphatic heterocycles. The van der Waals surface area contributed by atoms with E-state index in [4.69, 9.17) is 0 Å². The standard InChI is InChI=1S/C13H20N2/c1-2-5-11(6-3-1)13-10-15-8-4-7-12(15)9-14-13/h4,7-8,11,13-14H,1-3,5-6,9-10H2/t13-/m0/s1. The van der Waals surface area contributed by atoms with Gasteiger partial charge in [0, 0.05) is 31.0 Å². The van der Waals surface area contributed by atoms with Crippen molar-refractivity contribution in [2.75, 3.05) is 0 Å². The van der Waals surface area contributed by atoms with Gasteiger partial charge in [-0.25, -0.2) is 0 Å². The van der Waals surface area contributed by atoms with Crippen LogP contribution in [0.5, 0.6) is 0 Å². The highest BCUT2D eigenvalue weighted by atomic mass is 15.1. The van der Waals surface area contributed by atoms with E-state index in [0.29, 0.717) is 0 Å². The molecule has 0 amide bonds. The zero-order valence-corrected chi connectivity index (χ0v) is 9.28. The lowest BCUT2D eigenvalue weighted by atomic mass is 9.83. The predicted molar refractivity (Wildman–Crippen MR) is 61.6 cm³/mol. The first-order valence-corrected chi connectivity index (χ1v) is 6.31. The summed E-state index contributed by atoms with van der Waals surface area (Å²) in [5.74, 6) is 0.925. The maximum atomic E-state index is 3.71. The summed E-state index contributed by atoms with van der Waals surface area (Å²) in [5, 5.41) is 3.71. The molecule has 0 saturated heterocycles. The first-order chi connectivity index (χ1) is 7.43. The van der Waals surface area contributed by atoms with Gasteiger partial charge in [0.05, 0.1) is 0 Å². The van der Waals surface area contributed by atoms with Gasteiger partial charge in [0.15, 0.2) is 0 Å². The Hall–Kier alpha value is -0.760. The van der Waals surface area contributed by atoms with Gasteiger partial charge in [-0.15, -0.1) is 0 Å². The van der Waals surface area contributed by atoms with E-state index in [1.54, 1.807) is 0 Å². The molecule has 0 aromatic carbocycles. The average molecular weight is 204 g/mol. The highest BCUT2D eigenvalue weighted by Gasteiger charge is 2.26. The number of hydrogen-bond donors (Lipinski definition) is 1. The molecule has 1 aromatic rings. The van der Waals surface area contributed by atoms with E-state index in [0.717, 1.165) is 18.5 Å². The smallest absolute Gasteiger partial charge is 0.0379 e. The fourth-order valence-electron chi connectivity index (χ4n) is 3.15. The van der Waals surface area contributed by atoms with E-state index in [9.17, 15) is 0 Å². The zero-order chi connectivity index (χ0) is 10.1. The van der Waals surface area contributed by atoms with Gasteiger partial charge in [-0.05, 0) is 30.9 Å². The van der Waals surface area contributed by atoms with Crippen LogP contribution in [0.25, 0.3) is 0 Å². The van der Waals surface area contributed by atoms with Crippen LogP contribution in [-0.4, -0.2) is 10.6 Å². The third-order valence-corrected chi connectivity index (χ3v) is 4.08. The van der Waals surface area contributed by atoms with Crippen molar-refractivity contribution in [2.45, 2.75) is 51.2 Å². The monoisotopic (exact) mass is 204 g/mol. The Labute approximate surface area is 91.7 Å². The Kier molecular flexibility index (Phi) is 2.53. The van der Waals surface area contributed by atoms with Crippen LogP contribution in [0.2, 0.25) is 0 Å². The van der Waals surface area contributed by atoms with Crippen LogP contribution in [-0.2, 0) is 13.1 Å². The Morgan fingerprint density at radius 1 is 1.20 bits per heavy atom. The lowest BCUT2D eigenvalue weighted by Gasteiger charge is -2.34. The lowest BCUT2D eigenvalue weighted by Crippen LogP contribution is -2.44. The molecule has 1 aromatic heterocycles. The normalized spacial score (nSPS) is 27.6. The van der Waals surface area contributed by atoms with E-state index in [1.807, 2.05) is 0 Å². The van der Waals surface area contributed by atoms with Crippen LogP contribution in [0.1, 0.15) is 37.8 Å². The summed E-state index contributed by atoms with van der Waals surface area (Å²) in [7, 11) is 0. The van der Waals surface area contributed by atoms with Crippen molar-refractivity contribution in [3.8, 4) is 0 Å². The van der Waals surface area contributed by atoms with Crippen LogP contribution in [0.4, 0.5) is 0 Å². The SMILES string of the molecule is c1cc2n(c1)C[C@@H](C1CCCCC1)NC2. The van der Waals surface area contributed by atoms with Gasteiger partial charge in [0.1, 0.15) is 0 Å². The molecular weight excluding hydrogens is 184 g/mol. The Balaban J connectivity index is 1.69. The number of rotatable bonds is 1. The van der Waals surface area contributed by atoms with Crippen molar-refractivity contribution in [2.24, 2.45) is 5.92 Å².